The average Bonchev–Trinajstić information content (AvgIpc) is 3.15. The number of rotatable bonds is 6. The summed E-state index contributed by atoms with van der Waals surface area (Å²) in [5.74, 6) is 0.305. The summed E-state index contributed by atoms with van der Waals surface area (Å²) in [5.41, 5.74) is 7.91. The van der Waals surface area contributed by atoms with Crippen LogP contribution >= 0.6 is 0 Å². The van der Waals surface area contributed by atoms with Gasteiger partial charge in [0, 0.05) is 44.8 Å². The van der Waals surface area contributed by atoms with E-state index in [2.05, 4.69) is 6.07 Å². The Bertz CT molecular complexity index is 1050. The molecule has 34 heavy (non-hydrogen) atoms. The molecule has 3 saturated heterocycles. The molecular weight excluding hydrogens is 432 g/mol. The van der Waals surface area contributed by atoms with Crippen molar-refractivity contribution in [3.05, 3.63) is 35.4 Å². The molecule has 1 aromatic rings. The standard InChI is InChI=1S/C25H32N6O3/c1-14(15-4-6-16(7-5-15)23(32)28(2)3)30-19-10-22(25(30)34)29(12-19)13-20(27)24(33)31-18(11-26)8-17-9-21(17)31/h4-7,14,17-22H,8-10,12-13,27H2,1-3H3/t14-,17?,18-,19-,20-,21?,22?/m0/s1. The van der Waals surface area contributed by atoms with Crippen molar-refractivity contribution < 1.29 is 14.4 Å². The lowest BCUT2D eigenvalue weighted by Gasteiger charge is -2.38. The van der Waals surface area contributed by atoms with Crippen LogP contribution in [0.15, 0.2) is 24.3 Å². The predicted octanol–water partition coefficient (Wildman–Crippen LogP) is 0.575. The Balaban J connectivity index is 1.21. The molecular formula is C25H32N6O3. The van der Waals surface area contributed by atoms with Gasteiger partial charge in [-0.1, -0.05) is 12.1 Å². The van der Waals surface area contributed by atoms with Gasteiger partial charge in [0.2, 0.25) is 11.8 Å². The molecule has 3 aliphatic heterocycles. The Kier molecular flexibility index (Phi) is 5.61. The Morgan fingerprint density at radius 2 is 1.91 bits per heavy atom. The minimum absolute atomic E-state index is 0.0516. The number of nitrogens with zero attached hydrogens (tertiary/aromatic N) is 5. The third kappa shape index (κ3) is 3.65. The Labute approximate surface area is 200 Å². The largest absolute Gasteiger partial charge is 0.345 e. The quantitative estimate of drug-likeness (QED) is 0.659. The molecule has 0 aromatic heterocycles. The van der Waals surface area contributed by atoms with Crippen LogP contribution in [0.4, 0.5) is 0 Å². The molecule has 7 atom stereocenters. The lowest BCUT2D eigenvalue weighted by Crippen LogP contribution is -2.57. The van der Waals surface area contributed by atoms with Gasteiger partial charge in [-0.3, -0.25) is 19.3 Å². The van der Waals surface area contributed by atoms with Crippen molar-refractivity contribution in [3.63, 3.8) is 0 Å². The molecule has 1 aromatic carbocycles. The first-order valence-corrected chi connectivity index (χ1v) is 12.1. The number of nitriles is 1. The fourth-order valence-electron chi connectivity index (χ4n) is 6.13. The van der Waals surface area contributed by atoms with Crippen LogP contribution in [0.2, 0.25) is 0 Å². The van der Waals surface area contributed by atoms with E-state index in [1.165, 1.54) is 0 Å². The number of likely N-dealkylation sites (tertiary alicyclic amines) is 3. The van der Waals surface area contributed by atoms with Gasteiger partial charge in [0.05, 0.1) is 24.2 Å². The highest BCUT2D eigenvalue weighted by Crippen LogP contribution is 2.48. The predicted molar refractivity (Wildman–Crippen MR) is 124 cm³/mol. The Hall–Kier alpha value is -2.96. The number of carbonyl (C=O) groups excluding carboxylic acids is 3. The first-order chi connectivity index (χ1) is 16.2. The lowest BCUT2D eigenvalue weighted by molar-refractivity contribution is -0.141. The summed E-state index contributed by atoms with van der Waals surface area (Å²) >= 11 is 0. The van der Waals surface area contributed by atoms with E-state index in [-0.39, 0.29) is 47.9 Å². The third-order valence-electron chi connectivity index (χ3n) is 8.03. The Morgan fingerprint density at radius 1 is 1.21 bits per heavy atom. The Morgan fingerprint density at radius 3 is 2.53 bits per heavy atom. The molecule has 4 aliphatic rings. The zero-order valence-electron chi connectivity index (χ0n) is 19.9. The maximum absolute atomic E-state index is 13.3. The van der Waals surface area contributed by atoms with Gasteiger partial charge >= 0.3 is 0 Å². The number of piperazine rings is 1. The van der Waals surface area contributed by atoms with Crippen LogP contribution < -0.4 is 5.73 Å². The van der Waals surface area contributed by atoms with Gasteiger partial charge in [-0.15, -0.1) is 0 Å². The molecule has 3 unspecified atom stereocenters. The van der Waals surface area contributed by atoms with E-state index in [4.69, 9.17) is 5.73 Å². The minimum atomic E-state index is -0.727. The molecule has 3 amide bonds. The third-order valence-corrected chi connectivity index (χ3v) is 8.03. The summed E-state index contributed by atoms with van der Waals surface area (Å²) in [6, 6.07) is 8.48. The van der Waals surface area contributed by atoms with Crippen molar-refractivity contribution in [2.45, 2.75) is 62.4 Å². The highest BCUT2D eigenvalue weighted by atomic mass is 16.2. The monoisotopic (exact) mass is 464 g/mol. The summed E-state index contributed by atoms with van der Waals surface area (Å²) in [4.78, 5) is 45.6. The molecule has 1 aliphatic carbocycles. The zero-order valence-corrected chi connectivity index (χ0v) is 19.9. The molecule has 1 saturated carbocycles. The fraction of sp³-hybridized carbons (Fsp3) is 0.600. The summed E-state index contributed by atoms with van der Waals surface area (Å²) < 4.78 is 0. The van der Waals surface area contributed by atoms with Gasteiger partial charge in [-0.2, -0.15) is 5.26 Å². The van der Waals surface area contributed by atoms with E-state index in [9.17, 15) is 19.6 Å². The molecule has 2 bridgehead atoms. The van der Waals surface area contributed by atoms with Crippen LogP contribution in [0.25, 0.3) is 0 Å². The van der Waals surface area contributed by atoms with Crippen molar-refractivity contribution >= 4 is 17.7 Å². The number of carbonyl (C=O) groups is 3. The first-order valence-electron chi connectivity index (χ1n) is 12.1. The molecule has 3 heterocycles. The number of amides is 3. The first kappa shape index (κ1) is 22.8. The number of hydrogen-bond donors (Lipinski definition) is 1. The van der Waals surface area contributed by atoms with E-state index in [0.717, 1.165) is 24.8 Å². The van der Waals surface area contributed by atoms with Gasteiger partial charge in [-0.25, -0.2) is 0 Å². The second kappa shape index (κ2) is 8.36. The molecule has 2 N–H and O–H groups in total. The summed E-state index contributed by atoms with van der Waals surface area (Å²) in [5, 5.41) is 9.39. The number of benzene rings is 1. The summed E-state index contributed by atoms with van der Waals surface area (Å²) in [6.45, 7) is 3.04. The van der Waals surface area contributed by atoms with Gasteiger partial charge < -0.3 is 20.4 Å². The average molecular weight is 465 g/mol. The van der Waals surface area contributed by atoms with E-state index in [0.29, 0.717) is 24.6 Å². The number of nitrogens with two attached hydrogens (primary N) is 1. The van der Waals surface area contributed by atoms with Gasteiger partial charge in [-0.05, 0) is 49.8 Å². The van der Waals surface area contributed by atoms with Crippen LogP contribution in [0.3, 0.4) is 0 Å². The summed E-state index contributed by atoms with van der Waals surface area (Å²) in [6.07, 6.45) is 2.46. The van der Waals surface area contributed by atoms with Crippen LogP contribution in [0, 0.1) is 17.2 Å². The van der Waals surface area contributed by atoms with E-state index < -0.39 is 6.04 Å². The second-order valence-corrected chi connectivity index (χ2v) is 10.4. The van der Waals surface area contributed by atoms with Gasteiger partial charge in [0.15, 0.2) is 0 Å². The van der Waals surface area contributed by atoms with E-state index in [1.807, 2.05) is 28.9 Å². The highest BCUT2D eigenvalue weighted by molar-refractivity contribution is 5.94. The van der Waals surface area contributed by atoms with Crippen molar-refractivity contribution in [1.29, 1.82) is 5.26 Å². The maximum atomic E-state index is 13.3. The van der Waals surface area contributed by atoms with Crippen LogP contribution in [-0.2, 0) is 9.59 Å². The molecule has 0 radical (unpaired) electrons. The minimum Gasteiger partial charge on any atom is -0.345 e. The highest BCUT2D eigenvalue weighted by Gasteiger charge is 2.56. The molecule has 180 valence electrons. The number of hydrogen-bond acceptors (Lipinski definition) is 6. The molecule has 9 heteroatoms. The van der Waals surface area contributed by atoms with Crippen LogP contribution in [-0.4, -0.2) is 94.7 Å². The maximum Gasteiger partial charge on any atom is 0.253 e. The van der Waals surface area contributed by atoms with E-state index in [1.54, 1.807) is 36.0 Å². The van der Waals surface area contributed by atoms with Crippen LogP contribution in [0.1, 0.15) is 48.1 Å². The summed E-state index contributed by atoms with van der Waals surface area (Å²) in [7, 11) is 3.44. The normalized spacial score (nSPS) is 31.3. The smallest absolute Gasteiger partial charge is 0.253 e. The van der Waals surface area contributed by atoms with Crippen molar-refractivity contribution in [2.75, 3.05) is 27.2 Å². The van der Waals surface area contributed by atoms with Crippen molar-refractivity contribution in [3.8, 4) is 6.07 Å². The molecule has 0 spiro atoms. The van der Waals surface area contributed by atoms with Gasteiger partial charge in [0.25, 0.3) is 5.91 Å². The molecule has 4 fully saturated rings. The topological polar surface area (TPSA) is 114 Å². The lowest BCUT2D eigenvalue weighted by atomic mass is 10.0. The van der Waals surface area contributed by atoms with Crippen molar-refractivity contribution in [2.24, 2.45) is 11.7 Å². The number of piperidine rings is 1. The van der Waals surface area contributed by atoms with Crippen LogP contribution in [0.5, 0.6) is 0 Å². The molecule has 5 rings (SSSR count). The zero-order chi connectivity index (χ0) is 24.3. The van der Waals surface area contributed by atoms with Gasteiger partial charge in [0.1, 0.15) is 6.04 Å². The molecule has 9 nitrogen and oxygen atoms in total. The SMILES string of the molecule is C[C@@H](c1ccc(C(=O)N(C)C)cc1)N1C(=O)C2C[C@H]1CN2C[C@H](N)C(=O)N1C2CC2C[C@H]1C#N. The second-order valence-electron chi connectivity index (χ2n) is 10.4. The fourth-order valence-corrected chi connectivity index (χ4v) is 6.13. The van der Waals surface area contributed by atoms with Crippen molar-refractivity contribution in [1.82, 2.24) is 19.6 Å². The van der Waals surface area contributed by atoms with E-state index >= 15 is 0 Å². The number of fused-ring (bicyclic) bond motifs is 3.